The molecule has 1 unspecified atom stereocenters. The Hall–Kier alpha value is -2.59. The quantitative estimate of drug-likeness (QED) is 0.662. The first-order valence-corrected chi connectivity index (χ1v) is 8.83. The fourth-order valence-corrected chi connectivity index (χ4v) is 3.89. The zero-order valence-electron chi connectivity index (χ0n) is 13.4. The van der Waals surface area contributed by atoms with Gasteiger partial charge in [-0.3, -0.25) is 5.01 Å². The lowest BCUT2D eigenvalue weighted by molar-refractivity contribution is 0.414. The van der Waals surface area contributed by atoms with Gasteiger partial charge in [0.1, 0.15) is 5.75 Å². The maximum Gasteiger partial charge on any atom is 0.127 e. The summed E-state index contributed by atoms with van der Waals surface area (Å²) in [6, 6.07) is 23.0. The standard InChI is InChI=1S/C20H18N2OS/c1-23-19-11-6-5-10-16(19)17-14-18(20-12-7-13-24-20)22(21-17)15-8-3-2-4-9-15/h2-13,18H,14H2,1H3. The van der Waals surface area contributed by atoms with Crippen LogP contribution in [0.15, 0.2) is 77.2 Å². The number of hydrogen-bond acceptors (Lipinski definition) is 4. The average Bonchev–Trinajstić information content (AvgIpc) is 3.32. The van der Waals surface area contributed by atoms with E-state index in [0.29, 0.717) is 0 Å². The van der Waals surface area contributed by atoms with Crippen LogP contribution in [0.5, 0.6) is 5.75 Å². The minimum absolute atomic E-state index is 0.229. The van der Waals surface area contributed by atoms with Crippen LogP contribution in [0.25, 0.3) is 0 Å². The maximum absolute atomic E-state index is 5.53. The van der Waals surface area contributed by atoms with Crippen LogP contribution in [0, 0.1) is 0 Å². The molecule has 1 aliphatic rings. The molecule has 1 aromatic heterocycles. The van der Waals surface area contributed by atoms with Gasteiger partial charge in [-0.15, -0.1) is 11.3 Å². The number of thiophene rings is 1. The van der Waals surface area contributed by atoms with Gasteiger partial charge >= 0.3 is 0 Å². The number of ether oxygens (including phenoxy) is 1. The van der Waals surface area contributed by atoms with Gasteiger partial charge in [0.2, 0.25) is 0 Å². The van der Waals surface area contributed by atoms with E-state index in [4.69, 9.17) is 9.84 Å². The molecule has 120 valence electrons. The lowest BCUT2D eigenvalue weighted by Gasteiger charge is -2.22. The van der Waals surface area contributed by atoms with Gasteiger partial charge in [-0.25, -0.2) is 0 Å². The van der Waals surface area contributed by atoms with E-state index in [1.165, 1.54) is 4.88 Å². The van der Waals surface area contributed by atoms with Crippen molar-refractivity contribution in [2.24, 2.45) is 5.10 Å². The minimum atomic E-state index is 0.229. The number of hydrogen-bond donors (Lipinski definition) is 0. The number of nitrogens with zero attached hydrogens (tertiary/aromatic N) is 2. The summed E-state index contributed by atoms with van der Waals surface area (Å²) in [7, 11) is 1.71. The summed E-state index contributed by atoms with van der Waals surface area (Å²) in [6.45, 7) is 0. The molecule has 3 nitrogen and oxygen atoms in total. The number of rotatable bonds is 4. The number of anilines is 1. The zero-order chi connectivity index (χ0) is 16.4. The second-order valence-corrected chi connectivity index (χ2v) is 6.64. The molecule has 24 heavy (non-hydrogen) atoms. The van der Waals surface area contributed by atoms with Crippen LogP contribution < -0.4 is 9.75 Å². The first kappa shape index (κ1) is 15.0. The summed E-state index contributed by atoms with van der Waals surface area (Å²) in [6.07, 6.45) is 0.871. The van der Waals surface area contributed by atoms with E-state index in [9.17, 15) is 0 Å². The molecule has 0 N–H and O–H groups in total. The summed E-state index contributed by atoms with van der Waals surface area (Å²) in [5.74, 6) is 0.871. The van der Waals surface area contributed by atoms with Crippen molar-refractivity contribution in [3.63, 3.8) is 0 Å². The van der Waals surface area contributed by atoms with E-state index in [0.717, 1.165) is 29.1 Å². The molecule has 0 bridgehead atoms. The van der Waals surface area contributed by atoms with Crippen LogP contribution in [0.2, 0.25) is 0 Å². The lowest BCUT2D eigenvalue weighted by Crippen LogP contribution is -2.17. The van der Waals surface area contributed by atoms with E-state index in [2.05, 4.69) is 52.9 Å². The van der Waals surface area contributed by atoms with Crippen molar-refractivity contribution < 1.29 is 4.74 Å². The molecule has 2 heterocycles. The highest BCUT2D eigenvalue weighted by molar-refractivity contribution is 7.10. The smallest absolute Gasteiger partial charge is 0.127 e. The van der Waals surface area contributed by atoms with Crippen molar-refractivity contribution in [1.29, 1.82) is 0 Å². The summed E-state index contributed by atoms with van der Waals surface area (Å²) < 4.78 is 5.53. The first-order chi connectivity index (χ1) is 11.9. The molecule has 4 heteroatoms. The Kier molecular flexibility index (Phi) is 4.05. The fourth-order valence-electron chi connectivity index (χ4n) is 3.08. The Morgan fingerprint density at radius 3 is 2.54 bits per heavy atom. The molecular weight excluding hydrogens is 316 g/mol. The summed E-state index contributed by atoms with van der Waals surface area (Å²) in [5, 5.41) is 9.21. The highest BCUT2D eigenvalue weighted by Gasteiger charge is 2.31. The molecule has 4 rings (SSSR count). The van der Waals surface area contributed by atoms with Gasteiger partial charge in [-0.2, -0.15) is 5.10 Å². The maximum atomic E-state index is 5.53. The molecule has 0 amide bonds. The lowest BCUT2D eigenvalue weighted by atomic mass is 10.0. The predicted molar refractivity (Wildman–Crippen MR) is 100 cm³/mol. The third-order valence-corrected chi connectivity index (χ3v) is 5.19. The number of methoxy groups -OCH3 is 1. The summed E-state index contributed by atoms with van der Waals surface area (Å²) in [4.78, 5) is 1.33. The van der Waals surface area contributed by atoms with Gasteiger partial charge in [-0.1, -0.05) is 36.4 Å². The van der Waals surface area contributed by atoms with Crippen LogP contribution in [0.3, 0.4) is 0 Å². The van der Waals surface area contributed by atoms with E-state index in [1.807, 2.05) is 24.3 Å². The largest absolute Gasteiger partial charge is 0.496 e. The zero-order valence-corrected chi connectivity index (χ0v) is 14.2. The number of benzene rings is 2. The molecule has 1 aliphatic heterocycles. The monoisotopic (exact) mass is 334 g/mol. The Morgan fingerprint density at radius 2 is 1.79 bits per heavy atom. The van der Waals surface area contributed by atoms with Gasteiger partial charge in [0.05, 0.1) is 24.6 Å². The second kappa shape index (κ2) is 6.49. The van der Waals surface area contributed by atoms with Crippen LogP contribution in [0.4, 0.5) is 5.69 Å². The van der Waals surface area contributed by atoms with Gasteiger partial charge in [0.15, 0.2) is 0 Å². The first-order valence-electron chi connectivity index (χ1n) is 7.95. The third-order valence-electron chi connectivity index (χ3n) is 4.22. The highest BCUT2D eigenvalue weighted by Crippen LogP contribution is 2.39. The Labute approximate surface area is 145 Å². The topological polar surface area (TPSA) is 24.8 Å². The molecule has 1 atom stereocenters. The van der Waals surface area contributed by atoms with Gasteiger partial charge in [0.25, 0.3) is 0 Å². The molecule has 0 radical (unpaired) electrons. The molecule has 0 saturated heterocycles. The SMILES string of the molecule is COc1ccccc1C1=NN(c2ccccc2)C(c2cccs2)C1. The van der Waals surface area contributed by atoms with E-state index >= 15 is 0 Å². The van der Waals surface area contributed by atoms with Crippen molar-refractivity contribution in [2.45, 2.75) is 12.5 Å². The van der Waals surface area contributed by atoms with E-state index < -0.39 is 0 Å². The predicted octanol–water partition coefficient (Wildman–Crippen LogP) is 5.11. The molecule has 0 aliphatic carbocycles. The molecule has 2 aromatic carbocycles. The van der Waals surface area contributed by atoms with E-state index in [1.54, 1.807) is 18.4 Å². The minimum Gasteiger partial charge on any atom is -0.496 e. The van der Waals surface area contributed by atoms with Crippen LogP contribution >= 0.6 is 11.3 Å². The van der Waals surface area contributed by atoms with Gasteiger partial charge in [0, 0.05) is 16.9 Å². The Bertz CT molecular complexity index is 843. The second-order valence-electron chi connectivity index (χ2n) is 5.66. The molecule has 0 fully saturated rings. The number of hydrazone groups is 1. The number of para-hydroxylation sites is 2. The van der Waals surface area contributed by atoms with Crippen LogP contribution in [-0.2, 0) is 0 Å². The Balaban J connectivity index is 1.77. The molecule has 0 saturated carbocycles. The molecular formula is C20H18N2OS. The van der Waals surface area contributed by atoms with Gasteiger partial charge < -0.3 is 4.74 Å². The van der Waals surface area contributed by atoms with Crippen molar-refractivity contribution >= 4 is 22.7 Å². The van der Waals surface area contributed by atoms with Crippen molar-refractivity contribution in [2.75, 3.05) is 12.1 Å². The normalized spacial score (nSPS) is 17.0. The van der Waals surface area contributed by atoms with Crippen LogP contribution in [-0.4, -0.2) is 12.8 Å². The molecule has 0 spiro atoms. The Morgan fingerprint density at radius 1 is 1.00 bits per heavy atom. The average molecular weight is 334 g/mol. The molecule has 3 aromatic rings. The van der Waals surface area contributed by atoms with E-state index in [-0.39, 0.29) is 6.04 Å². The van der Waals surface area contributed by atoms with Crippen molar-refractivity contribution in [3.05, 3.63) is 82.6 Å². The van der Waals surface area contributed by atoms with Crippen molar-refractivity contribution in [3.8, 4) is 5.75 Å². The van der Waals surface area contributed by atoms with Crippen molar-refractivity contribution in [1.82, 2.24) is 0 Å². The summed E-state index contributed by atoms with van der Waals surface area (Å²) >= 11 is 1.78. The third kappa shape index (κ3) is 2.69. The summed E-state index contributed by atoms with van der Waals surface area (Å²) in [5.41, 5.74) is 3.25. The van der Waals surface area contributed by atoms with Crippen LogP contribution in [0.1, 0.15) is 22.9 Å². The fraction of sp³-hybridized carbons (Fsp3) is 0.150. The highest BCUT2D eigenvalue weighted by atomic mass is 32.1. The van der Waals surface area contributed by atoms with Gasteiger partial charge in [-0.05, 0) is 35.7 Å².